The van der Waals surface area contributed by atoms with Crippen LogP contribution in [0.1, 0.15) is 25.7 Å². The van der Waals surface area contributed by atoms with E-state index in [1.807, 2.05) is 12.1 Å². The molecule has 0 aromatic heterocycles. The molecule has 0 radical (unpaired) electrons. The van der Waals surface area contributed by atoms with Crippen LogP contribution in [0, 0.1) is 11.8 Å². The van der Waals surface area contributed by atoms with Crippen LogP contribution in [0.5, 0.6) is 5.75 Å². The molecule has 1 aromatic rings. The number of ether oxygens (including phenoxy) is 2. The fourth-order valence-electron chi connectivity index (χ4n) is 4.11. The summed E-state index contributed by atoms with van der Waals surface area (Å²) in [4.78, 5) is 13.5. The van der Waals surface area contributed by atoms with Crippen LogP contribution < -0.4 is 20.7 Å². The number of esters is 1. The molecule has 3 rings (SSSR count). The first kappa shape index (κ1) is 19.0. The van der Waals surface area contributed by atoms with E-state index in [4.69, 9.17) is 10.5 Å². The van der Waals surface area contributed by atoms with Gasteiger partial charge < -0.3 is 25.4 Å². The van der Waals surface area contributed by atoms with Gasteiger partial charge in [0.1, 0.15) is 5.75 Å². The molecule has 6 heteroatoms. The lowest BCUT2D eigenvalue weighted by Crippen LogP contribution is -2.47. The number of rotatable bonds is 6. The number of nitrogens with one attached hydrogen (secondary N) is 1. The molecule has 1 unspecified atom stereocenters. The Morgan fingerprint density at radius 1 is 1.15 bits per heavy atom. The average Bonchev–Trinajstić information content (AvgIpc) is 2.72. The number of piperidine rings is 2. The number of nitrogens with two attached hydrogens (primary N) is 1. The fourth-order valence-corrected chi connectivity index (χ4v) is 4.11. The van der Waals surface area contributed by atoms with Crippen molar-refractivity contribution in [3.63, 3.8) is 0 Å². The zero-order valence-electron chi connectivity index (χ0n) is 15.7. The van der Waals surface area contributed by atoms with Crippen molar-refractivity contribution in [1.29, 1.82) is 0 Å². The normalized spacial score (nSPS) is 20.6. The molecule has 6 nitrogen and oxygen atoms in total. The molecule has 0 bridgehead atoms. The fraction of sp³-hybridized carbons (Fsp3) is 0.650. The third-order valence-corrected chi connectivity index (χ3v) is 5.80. The van der Waals surface area contributed by atoms with Crippen molar-refractivity contribution in [3.8, 4) is 5.75 Å². The summed E-state index contributed by atoms with van der Waals surface area (Å²) in [7, 11) is 1.36. The van der Waals surface area contributed by atoms with E-state index in [2.05, 4.69) is 27.1 Å². The maximum Gasteiger partial charge on any atom is 0.343 e. The standard InChI is InChI=1S/C20H31N3O3/c1-25-19(24)14-26-18-4-2-17(3-5-18)23-12-8-16(9-13-23)20(21)15-6-10-22-11-7-15/h2-5,15-16,20,22H,6-14,21H2,1H3. The Morgan fingerprint density at radius 3 is 2.38 bits per heavy atom. The molecule has 2 aliphatic heterocycles. The average molecular weight is 361 g/mol. The topological polar surface area (TPSA) is 76.8 Å². The minimum absolute atomic E-state index is 0.0597. The van der Waals surface area contributed by atoms with E-state index in [9.17, 15) is 4.79 Å². The smallest absolute Gasteiger partial charge is 0.343 e. The van der Waals surface area contributed by atoms with Gasteiger partial charge in [-0.3, -0.25) is 0 Å². The summed E-state index contributed by atoms with van der Waals surface area (Å²) in [6, 6.07) is 8.27. The van der Waals surface area contributed by atoms with Gasteiger partial charge in [-0.25, -0.2) is 4.79 Å². The van der Waals surface area contributed by atoms with E-state index >= 15 is 0 Å². The second-order valence-electron chi connectivity index (χ2n) is 7.35. The van der Waals surface area contributed by atoms with E-state index in [0.29, 0.717) is 23.6 Å². The monoisotopic (exact) mass is 361 g/mol. The van der Waals surface area contributed by atoms with Gasteiger partial charge in [-0.15, -0.1) is 0 Å². The number of anilines is 1. The van der Waals surface area contributed by atoms with Crippen molar-refractivity contribution >= 4 is 11.7 Å². The maximum absolute atomic E-state index is 11.1. The number of carbonyl (C=O) groups excluding carboxylic acids is 1. The van der Waals surface area contributed by atoms with E-state index in [-0.39, 0.29) is 12.6 Å². The Hall–Kier alpha value is -1.79. The van der Waals surface area contributed by atoms with Crippen LogP contribution in [0.2, 0.25) is 0 Å². The SMILES string of the molecule is COC(=O)COc1ccc(N2CCC(C(N)C3CCNCC3)CC2)cc1. The number of nitrogens with zero attached hydrogens (tertiary/aromatic N) is 1. The minimum Gasteiger partial charge on any atom is -0.482 e. The quantitative estimate of drug-likeness (QED) is 0.752. The molecule has 1 atom stereocenters. The summed E-state index contributed by atoms with van der Waals surface area (Å²) in [6.07, 6.45) is 4.75. The lowest BCUT2D eigenvalue weighted by Gasteiger charge is -2.39. The molecule has 2 aliphatic rings. The highest BCUT2D eigenvalue weighted by atomic mass is 16.6. The molecule has 0 aliphatic carbocycles. The van der Waals surface area contributed by atoms with Gasteiger partial charge in [0.25, 0.3) is 0 Å². The molecule has 26 heavy (non-hydrogen) atoms. The third kappa shape index (κ3) is 4.89. The molecular weight excluding hydrogens is 330 g/mol. The van der Waals surface area contributed by atoms with Crippen LogP contribution >= 0.6 is 0 Å². The van der Waals surface area contributed by atoms with Gasteiger partial charge in [-0.1, -0.05) is 0 Å². The molecule has 2 fully saturated rings. The number of hydrogen-bond donors (Lipinski definition) is 2. The largest absolute Gasteiger partial charge is 0.482 e. The van der Waals surface area contributed by atoms with Crippen LogP contribution in [0.4, 0.5) is 5.69 Å². The Labute approximate surface area is 156 Å². The summed E-state index contributed by atoms with van der Waals surface area (Å²) < 4.78 is 9.98. The van der Waals surface area contributed by atoms with Crippen molar-refractivity contribution < 1.29 is 14.3 Å². The van der Waals surface area contributed by atoms with Gasteiger partial charge >= 0.3 is 5.97 Å². The molecule has 2 saturated heterocycles. The first-order valence-electron chi connectivity index (χ1n) is 9.68. The van der Waals surface area contributed by atoms with Gasteiger partial charge in [0.05, 0.1) is 7.11 Å². The van der Waals surface area contributed by atoms with Gasteiger partial charge in [0, 0.05) is 24.8 Å². The molecule has 2 heterocycles. The summed E-state index contributed by atoms with van der Waals surface area (Å²) in [6.45, 7) is 4.26. The Bertz CT molecular complexity index is 564. The molecule has 0 spiro atoms. The third-order valence-electron chi connectivity index (χ3n) is 5.80. The van der Waals surface area contributed by atoms with Gasteiger partial charge in [0.15, 0.2) is 6.61 Å². The predicted octanol–water partition coefficient (Wildman–Crippen LogP) is 1.78. The van der Waals surface area contributed by atoms with Crippen LogP contribution in [-0.2, 0) is 9.53 Å². The van der Waals surface area contributed by atoms with Crippen LogP contribution in [-0.4, -0.2) is 51.9 Å². The number of carbonyl (C=O) groups is 1. The zero-order valence-corrected chi connectivity index (χ0v) is 15.7. The summed E-state index contributed by atoms with van der Waals surface area (Å²) in [5.41, 5.74) is 7.79. The highest BCUT2D eigenvalue weighted by Gasteiger charge is 2.30. The lowest BCUT2D eigenvalue weighted by molar-refractivity contribution is -0.142. The molecule has 1 aromatic carbocycles. The molecular formula is C20H31N3O3. The molecule has 0 amide bonds. The lowest BCUT2D eigenvalue weighted by atomic mass is 9.79. The van der Waals surface area contributed by atoms with Crippen molar-refractivity contribution in [2.24, 2.45) is 17.6 Å². The first-order chi connectivity index (χ1) is 12.7. The first-order valence-corrected chi connectivity index (χ1v) is 9.68. The zero-order chi connectivity index (χ0) is 18.4. The summed E-state index contributed by atoms with van der Waals surface area (Å²) in [5, 5.41) is 3.42. The van der Waals surface area contributed by atoms with Crippen LogP contribution in [0.3, 0.4) is 0 Å². The summed E-state index contributed by atoms with van der Waals surface area (Å²) in [5.74, 6) is 1.62. The highest BCUT2D eigenvalue weighted by molar-refractivity contribution is 5.70. The minimum atomic E-state index is -0.374. The van der Waals surface area contributed by atoms with E-state index in [1.165, 1.54) is 25.6 Å². The summed E-state index contributed by atoms with van der Waals surface area (Å²) >= 11 is 0. The van der Waals surface area contributed by atoms with E-state index in [0.717, 1.165) is 39.0 Å². The van der Waals surface area contributed by atoms with Crippen LogP contribution in [0.15, 0.2) is 24.3 Å². The Balaban J connectivity index is 1.47. The number of hydrogen-bond acceptors (Lipinski definition) is 6. The van der Waals surface area contributed by atoms with Gasteiger partial charge in [-0.05, 0) is 74.9 Å². The molecule has 0 saturated carbocycles. The van der Waals surface area contributed by atoms with Crippen molar-refractivity contribution in [2.75, 3.05) is 44.8 Å². The van der Waals surface area contributed by atoms with Crippen molar-refractivity contribution in [1.82, 2.24) is 5.32 Å². The second kappa shape index (κ2) is 9.24. The van der Waals surface area contributed by atoms with E-state index < -0.39 is 0 Å². The van der Waals surface area contributed by atoms with Crippen molar-refractivity contribution in [2.45, 2.75) is 31.7 Å². The van der Waals surface area contributed by atoms with Crippen LogP contribution in [0.25, 0.3) is 0 Å². The number of benzene rings is 1. The maximum atomic E-state index is 11.1. The Kier molecular flexibility index (Phi) is 6.74. The van der Waals surface area contributed by atoms with E-state index in [1.54, 1.807) is 0 Å². The van der Waals surface area contributed by atoms with Gasteiger partial charge in [0.2, 0.25) is 0 Å². The van der Waals surface area contributed by atoms with Crippen molar-refractivity contribution in [3.05, 3.63) is 24.3 Å². The molecule has 3 N–H and O–H groups in total. The highest BCUT2D eigenvalue weighted by Crippen LogP contribution is 2.30. The molecule has 144 valence electrons. The van der Waals surface area contributed by atoms with Gasteiger partial charge in [-0.2, -0.15) is 0 Å². The Morgan fingerprint density at radius 2 is 1.77 bits per heavy atom. The predicted molar refractivity (Wildman–Crippen MR) is 102 cm³/mol. The second-order valence-corrected chi connectivity index (χ2v) is 7.35. The number of methoxy groups -OCH3 is 1.